The maximum absolute atomic E-state index is 17.2. The number of alkyl halides is 2. The zero-order valence-corrected chi connectivity index (χ0v) is 23.9. The Morgan fingerprint density at radius 2 is 1.86 bits per heavy atom. The molecule has 0 saturated heterocycles. The van der Waals surface area contributed by atoms with Crippen LogP contribution in [-0.4, -0.2) is 71.1 Å². The third-order valence-corrected chi connectivity index (χ3v) is 10.5. The van der Waals surface area contributed by atoms with Crippen LogP contribution in [0.15, 0.2) is 35.9 Å². The molecule has 0 aliphatic heterocycles. The summed E-state index contributed by atoms with van der Waals surface area (Å²) in [5.74, 6) is -2.45. The van der Waals surface area contributed by atoms with E-state index in [1.54, 1.807) is 6.92 Å². The van der Waals surface area contributed by atoms with Crippen LogP contribution >= 0.6 is 0 Å². The van der Waals surface area contributed by atoms with Crippen molar-refractivity contribution < 1.29 is 47.7 Å². The Morgan fingerprint density at radius 1 is 1.19 bits per heavy atom. The molecule has 0 heterocycles. The molecule has 1 aromatic carbocycles. The van der Waals surface area contributed by atoms with Crippen molar-refractivity contribution in [3.8, 4) is 11.5 Å². The van der Waals surface area contributed by atoms with E-state index in [0.29, 0.717) is 0 Å². The van der Waals surface area contributed by atoms with Crippen LogP contribution in [0.2, 0.25) is 0 Å². The number of Topliss-reactive ketones (excluding diaryl/α,β-unsaturated/α-hetero) is 1. The molecular weight excluding hydrogens is 556 g/mol. The van der Waals surface area contributed by atoms with E-state index in [9.17, 15) is 29.9 Å². The number of ether oxygens (including phenoxy) is 3. The molecule has 2 unspecified atom stereocenters. The number of nitro benzene ring substituents is 1. The van der Waals surface area contributed by atoms with Gasteiger partial charge in [-0.3, -0.25) is 19.7 Å². The molecule has 1 aromatic rings. The fraction of sp³-hybridized carbons (Fsp3) is 0.600. The first-order chi connectivity index (χ1) is 19.7. The van der Waals surface area contributed by atoms with Crippen LogP contribution in [0.25, 0.3) is 0 Å². The smallest absolute Gasteiger partial charge is 0.278 e. The molecule has 0 aromatic heterocycles. The maximum atomic E-state index is 17.2. The molecule has 42 heavy (non-hydrogen) atoms. The highest BCUT2D eigenvalue weighted by atomic mass is 19.1. The summed E-state index contributed by atoms with van der Waals surface area (Å²) >= 11 is 0. The first-order valence-electron chi connectivity index (χ1n) is 13.9. The predicted molar refractivity (Wildman–Crippen MR) is 144 cm³/mol. The highest BCUT2D eigenvalue weighted by molar-refractivity contribution is 6.01. The van der Waals surface area contributed by atoms with Gasteiger partial charge in [0.05, 0.1) is 43.5 Å². The second-order valence-electron chi connectivity index (χ2n) is 12.3. The Hall–Kier alpha value is -3.22. The lowest BCUT2D eigenvalue weighted by Gasteiger charge is -2.63. The van der Waals surface area contributed by atoms with E-state index < -0.39 is 69.3 Å². The van der Waals surface area contributed by atoms with Crippen LogP contribution in [0.5, 0.6) is 11.5 Å². The van der Waals surface area contributed by atoms with Gasteiger partial charge in [0, 0.05) is 16.7 Å². The first kappa shape index (κ1) is 30.2. The monoisotopic (exact) mass is 591 g/mol. The molecule has 4 aliphatic rings. The van der Waals surface area contributed by atoms with E-state index in [4.69, 9.17) is 14.2 Å². The lowest BCUT2D eigenvalue weighted by Crippen LogP contribution is -2.70. The number of aliphatic hydroxyl groups is 2. The highest BCUT2D eigenvalue weighted by Crippen LogP contribution is 2.70. The van der Waals surface area contributed by atoms with Gasteiger partial charge in [-0.25, -0.2) is 8.78 Å². The maximum Gasteiger partial charge on any atom is 0.278 e. The number of aliphatic hydroxyl groups excluding tert-OH is 1. The zero-order chi connectivity index (χ0) is 30.8. The van der Waals surface area contributed by atoms with Crippen molar-refractivity contribution in [2.24, 2.45) is 22.7 Å². The summed E-state index contributed by atoms with van der Waals surface area (Å²) in [6.45, 7) is 2.15. The number of carbonyl (C=O) groups is 2. The van der Waals surface area contributed by atoms with Gasteiger partial charge in [0.2, 0.25) is 0 Å². The highest BCUT2D eigenvalue weighted by Gasteiger charge is 2.75. The standard InChI is InChI=1S/C30H35F2NO9/c1-27-7-5-17(34)10-20(27)21(31)11-19-18-6-8-29(37,28(18,2)13-25(35)30(19,27)32)26(36)15-42-14-16-9-23(40-3)24(41-4)12-22(16)33(38)39/h5,7,9-10,12,18-19,21,25,35,37H,6,8,11,13-15H2,1-4H3/t18-,19-,21?,25?,27-,28-,29-,30-/m0/s1. The van der Waals surface area contributed by atoms with Crippen LogP contribution in [0, 0.1) is 32.8 Å². The number of allylic oxidation sites excluding steroid dienone is 4. The van der Waals surface area contributed by atoms with Crippen LogP contribution in [-0.2, 0) is 20.9 Å². The minimum Gasteiger partial charge on any atom is -0.493 e. The number of carbonyl (C=O) groups excluding carboxylic acids is 2. The molecule has 3 saturated carbocycles. The quantitative estimate of drug-likeness (QED) is 0.341. The number of methoxy groups -OCH3 is 2. The molecule has 10 nitrogen and oxygen atoms in total. The van der Waals surface area contributed by atoms with Crippen LogP contribution < -0.4 is 9.47 Å². The zero-order valence-electron chi connectivity index (χ0n) is 23.9. The number of ketones is 2. The van der Waals surface area contributed by atoms with Gasteiger partial charge in [-0.2, -0.15) is 0 Å². The van der Waals surface area contributed by atoms with Gasteiger partial charge < -0.3 is 24.4 Å². The summed E-state index contributed by atoms with van der Waals surface area (Å²) in [4.78, 5) is 36.5. The van der Waals surface area contributed by atoms with Gasteiger partial charge in [0.25, 0.3) is 5.69 Å². The van der Waals surface area contributed by atoms with Gasteiger partial charge in [-0.05, 0) is 62.3 Å². The summed E-state index contributed by atoms with van der Waals surface area (Å²) in [6, 6.07) is 2.55. The minimum absolute atomic E-state index is 0.00149. The third-order valence-electron chi connectivity index (χ3n) is 10.5. The molecule has 2 N–H and O–H groups in total. The summed E-state index contributed by atoms with van der Waals surface area (Å²) in [7, 11) is 2.71. The number of halogens is 2. The molecule has 12 heteroatoms. The summed E-state index contributed by atoms with van der Waals surface area (Å²) in [5.41, 5.74) is -7.38. The van der Waals surface area contributed by atoms with E-state index in [-0.39, 0.29) is 60.6 Å². The molecule has 8 atom stereocenters. The Balaban J connectivity index is 1.38. The van der Waals surface area contributed by atoms with E-state index in [2.05, 4.69) is 0 Å². The van der Waals surface area contributed by atoms with E-state index in [0.717, 1.165) is 6.08 Å². The van der Waals surface area contributed by atoms with Gasteiger partial charge in [0.1, 0.15) is 18.4 Å². The molecule has 0 spiro atoms. The second kappa shape index (κ2) is 10.2. The summed E-state index contributed by atoms with van der Waals surface area (Å²) in [6.07, 6.45) is -0.0394. The van der Waals surface area contributed by atoms with Crippen molar-refractivity contribution in [1.82, 2.24) is 0 Å². The third kappa shape index (κ3) is 4.05. The molecule has 3 fully saturated rings. The summed E-state index contributed by atoms with van der Waals surface area (Å²) < 4.78 is 48.6. The first-order valence-corrected chi connectivity index (χ1v) is 13.9. The minimum atomic E-state index is -2.32. The molecule has 0 amide bonds. The van der Waals surface area contributed by atoms with Crippen molar-refractivity contribution >= 4 is 17.3 Å². The molecular formula is C30H35F2NO9. The van der Waals surface area contributed by atoms with Crippen molar-refractivity contribution in [1.29, 1.82) is 0 Å². The van der Waals surface area contributed by atoms with E-state index in [1.807, 2.05) is 0 Å². The van der Waals surface area contributed by atoms with Crippen LogP contribution in [0.4, 0.5) is 14.5 Å². The number of nitrogens with zero attached hydrogens (tertiary/aromatic N) is 1. The predicted octanol–water partition coefficient (Wildman–Crippen LogP) is 3.75. The van der Waals surface area contributed by atoms with Crippen molar-refractivity contribution in [3.63, 3.8) is 0 Å². The lowest BCUT2D eigenvalue weighted by molar-refractivity contribution is -0.386. The average molecular weight is 592 g/mol. The number of benzene rings is 1. The van der Waals surface area contributed by atoms with Gasteiger partial charge in [0.15, 0.2) is 28.7 Å². The molecule has 0 radical (unpaired) electrons. The molecule has 5 rings (SSSR count). The van der Waals surface area contributed by atoms with E-state index in [1.165, 1.54) is 45.4 Å². The number of rotatable bonds is 8. The fourth-order valence-electron chi connectivity index (χ4n) is 8.24. The SMILES string of the molecule is COc1cc(COCC(=O)[C@@]2(O)CC[C@H]3[C@@H]4CC(F)C5=CC(=O)C=C[C@]5(C)[C@@]4(F)C(O)C[C@@]32C)c([N+](=O)[O-])cc1OC. The van der Waals surface area contributed by atoms with Gasteiger partial charge in [-0.1, -0.05) is 13.0 Å². The Kier molecular flexibility index (Phi) is 7.35. The average Bonchev–Trinajstić information content (AvgIpc) is 3.21. The molecule has 4 aliphatic carbocycles. The Labute approximate surface area is 241 Å². The number of nitro groups is 1. The fourth-order valence-corrected chi connectivity index (χ4v) is 8.24. The number of hydrogen-bond donors (Lipinski definition) is 2. The topological polar surface area (TPSA) is 145 Å². The van der Waals surface area contributed by atoms with Crippen molar-refractivity contribution in [2.45, 2.75) is 69.7 Å². The number of hydrogen-bond acceptors (Lipinski definition) is 9. The Bertz CT molecular complexity index is 1400. The second-order valence-corrected chi connectivity index (χ2v) is 12.3. The normalized spacial score (nSPS) is 38.7. The van der Waals surface area contributed by atoms with Crippen molar-refractivity contribution in [2.75, 3.05) is 20.8 Å². The largest absolute Gasteiger partial charge is 0.493 e. The van der Waals surface area contributed by atoms with Crippen LogP contribution in [0.1, 0.15) is 45.1 Å². The van der Waals surface area contributed by atoms with Gasteiger partial charge >= 0.3 is 0 Å². The molecule has 228 valence electrons. The Morgan fingerprint density at radius 3 is 2.50 bits per heavy atom. The number of fused-ring (bicyclic) bond motifs is 5. The van der Waals surface area contributed by atoms with Gasteiger partial charge in [-0.15, -0.1) is 0 Å². The van der Waals surface area contributed by atoms with Crippen molar-refractivity contribution in [3.05, 3.63) is 51.6 Å². The lowest BCUT2D eigenvalue weighted by atomic mass is 9.44. The van der Waals surface area contributed by atoms with Crippen LogP contribution in [0.3, 0.4) is 0 Å². The van der Waals surface area contributed by atoms with E-state index >= 15 is 8.78 Å². The molecule has 0 bridgehead atoms. The summed E-state index contributed by atoms with van der Waals surface area (Å²) in [5, 5.41) is 34.8.